The van der Waals surface area contributed by atoms with Gasteiger partial charge in [0.05, 0.1) is 5.56 Å². The van der Waals surface area contributed by atoms with Crippen LogP contribution in [0.25, 0.3) is 0 Å². The van der Waals surface area contributed by atoms with E-state index >= 15 is 0 Å². The predicted octanol–water partition coefficient (Wildman–Crippen LogP) is 2.32. The third kappa shape index (κ3) is 3.35. The van der Waals surface area contributed by atoms with Crippen molar-refractivity contribution in [2.75, 3.05) is 6.54 Å². The van der Waals surface area contributed by atoms with Crippen LogP contribution in [0.3, 0.4) is 0 Å². The van der Waals surface area contributed by atoms with Crippen LogP contribution in [0.4, 0.5) is 0 Å². The van der Waals surface area contributed by atoms with Gasteiger partial charge < -0.3 is 10.6 Å². The molecular weight excluding hydrogens is 308 g/mol. The molecule has 2 rings (SSSR count). The quantitative estimate of drug-likeness (QED) is 0.927. The number of carbonyl (C=O) groups excluding carboxylic acids is 2. The molecule has 0 aliphatic carbocycles. The Morgan fingerprint density at radius 2 is 2.05 bits per heavy atom. The molecule has 1 aromatic carbocycles. The minimum atomic E-state index is -0.350. The smallest absolute Gasteiger partial charge is 0.255 e. The lowest BCUT2D eigenvalue weighted by Crippen LogP contribution is -2.45. The van der Waals surface area contributed by atoms with E-state index in [4.69, 9.17) is 5.73 Å². The molecule has 2 amide bonds. The largest absolute Gasteiger partial charge is 0.370 e. The van der Waals surface area contributed by atoms with E-state index in [0.717, 1.165) is 23.7 Å². The highest BCUT2D eigenvalue weighted by Gasteiger charge is 2.29. The molecule has 1 saturated heterocycles. The monoisotopic (exact) mass is 324 g/mol. The molecule has 1 aromatic rings. The lowest BCUT2D eigenvalue weighted by molar-refractivity contribution is -0.119. The molecule has 1 aliphatic rings. The van der Waals surface area contributed by atoms with Gasteiger partial charge in [-0.15, -0.1) is 0 Å². The summed E-state index contributed by atoms with van der Waals surface area (Å²) in [5, 5.41) is 0. The highest BCUT2D eigenvalue weighted by molar-refractivity contribution is 9.10. The third-order valence-electron chi connectivity index (χ3n) is 3.43. The lowest BCUT2D eigenvalue weighted by Gasteiger charge is -2.35. The minimum absolute atomic E-state index is 0.0292. The fraction of sp³-hybridized carbons (Fsp3) is 0.429. The Balaban J connectivity index is 2.20. The Morgan fingerprint density at radius 1 is 1.32 bits per heavy atom. The number of primary amides is 1. The number of rotatable bonds is 3. The fourth-order valence-electron chi connectivity index (χ4n) is 2.50. The summed E-state index contributed by atoms with van der Waals surface area (Å²) in [6, 6.07) is 7.29. The number of likely N-dealkylation sites (tertiary alicyclic amines) is 1. The summed E-state index contributed by atoms with van der Waals surface area (Å²) in [6.07, 6.45) is 3.11. The van der Waals surface area contributed by atoms with Crippen LogP contribution in [0.1, 0.15) is 36.0 Å². The Kier molecular flexibility index (Phi) is 4.58. The maximum Gasteiger partial charge on any atom is 0.255 e. The summed E-state index contributed by atoms with van der Waals surface area (Å²) >= 11 is 3.40. The van der Waals surface area contributed by atoms with Crippen LogP contribution in [0, 0.1) is 0 Å². The summed E-state index contributed by atoms with van der Waals surface area (Å²) in [7, 11) is 0. The van der Waals surface area contributed by atoms with E-state index in [0.29, 0.717) is 12.1 Å². The van der Waals surface area contributed by atoms with Gasteiger partial charge in [0, 0.05) is 23.5 Å². The SMILES string of the molecule is NC(=O)C[C@H]1CCCCN1C(=O)c1ccccc1Br. The topological polar surface area (TPSA) is 63.4 Å². The van der Waals surface area contributed by atoms with Gasteiger partial charge in [0.25, 0.3) is 5.91 Å². The van der Waals surface area contributed by atoms with E-state index in [1.807, 2.05) is 18.2 Å². The van der Waals surface area contributed by atoms with E-state index in [1.165, 1.54) is 0 Å². The molecule has 0 radical (unpaired) electrons. The number of carbonyl (C=O) groups is 2. The van der Waals surface area contributed by atoms with Gasteiger partial charge in [-0.05, 0) is 47.3 Å². The van der Waals surface area contributed by atoms with Crippen LogP contribution in [-0.2, 0) is 4.79 Å². The minimum Gasteiger partial charge on any atom is -0.370 e. The summed E-state index contributed by atoms with van der Waals surface area (Å²) in [4.78, 5) is 25.5. The summed E-state index contributed by atoms with van der Waals surface area (Å²) < 4.78 is 0.781. The number of nitrogens with two attached hydrogens (primary N) is 1. The molecule has 0 spiro atoms. The van der Waals surface area contributed by atoms with Crippen LogP contribution in [0.2, 0.25) is 0 Å². The van der Waals surface area contributed by atoms with Crippen molar-refractivity contribution in [2.24, 2.45) is 5.73 Å². The molecule has 0 unspecified atom stereocenters. The van der Waals surface area contributed by atoms with Crippen LogP contribution >= 0.6 is 15.9 Å². The van der Waals surface area contributed by atoms with E-state index in [1.54, 1.807) is 11.0 Å². The van der Waals surface area contributed by atoms with Crippen molar-refractivity contribution in [3.8, 4) is 0 Å². The lowest BCUT2D eigenvalue weighted by atomic mass is 9.98. The standard InChI is InChI=1S/C14H17BrN2O2/c15-12-7-2-1-6-11(12)14(19)17-8-4-3-5-10(17)9-13(16)18/h1-2,6-7,10H,3-5,8-9H2,(H2,16,18)/t10-/m1/s1. The van der Waals surface area contributed by atoms with Crippen molar-refractivity contribution >= 4 is 27.7 Å². The van der Waals surface area contributed by atoms with Crippen molar-refractivity contribution in [3.63, 3.8) is 0 Å². The first-order valence-corrected chi connectivity index (χ1v) is 7.22. The number of halogens is 1. The molecule has 5 heteroatoms. The molecule has 2 N–H and O–H groups in total. The number of nitrogens with zero attached hydrogens (tertiary/aromatic N) is 1. The highest BCUT2D eigenvalue weighted by atomic mass is 79.9. The molecule has 1 aliphatic heterocycles. The molecule has 1 fully saturated rings. The summed E-state index contributed by atoms with van der Waals surface area (Å²) in [5.41, 5.74) is 5.91. The first-order valence-electron chi connectivity index (χ1n) is 6.43. The molecule has 0 bridgehead atoms. The molecule has 1 atom stereocenters. The average molecular weight is 325 g/mol. The summed E-state index contributed by atoms with van der Waals surface area (Å²) in [6.45, 7) is 0.693. The number of hydrogen-bond acceptors (Lipinski definition) is 2. The van der Waals surface area contributed by atoms with Gasteiger partial charge >= 0.3 is 0 Å². The molecule has 0 saturated carbocycles. The van der Waals surface area contributed by atoms with Crippen molar-refractivity contribution in [1.29, 1.82) is 0 Å². The fourth-order valence-corrected chi connectivity index (χ4v) is 2.96. The maximum absolute atomic E-state index is 12.6. The van der Waals surface area contributed by atoms with E-state index < -0.39 is 0 Å². The second-order valence-electron chi connectivity index (χ2n) is 4.80. The third-order valence-corrected chi connectivity index (χ3v) is 4.12. The van der Waals surface area contributed by atoms with Gasteiger partial charge in [-0.2, -0.15) is 0 Å². The molecule has 102 valence electrons. The summed E-state index contributed by atoms with van der Waals surface area (Å²) in [5.74, 6) is -0.379. The van der Waals surface area contributed by atoms with Crippen molar-refractivity contribution in [2.45, 2.75) is 31.7 Å². The Hall–Kier alpha value is -1.36. The van der Waals surface area contributed by atoms with Gasteiger partial charge in [0.1, 0.15) is 0 Å². The van der Waals surface area contributed by atoms with Crippen LogP contribution in [0.15, 0.2) is 28.7 Å². The predicted molar refractivity (Wildman–Crippen MR) is 76.6 cm³/mol. The van der Waals surface area contributed by atoms with Crippen LogP contribution in [-0.4, -0.2) is 29.3 Å². The van der Waals surface area contributed by atoms with Gasteiger partial charge in [-0.1, -0.05) is 12.1 Å². The zero-order valence-corrected chi connectivity index (χ0v) is 12.2. The van der Waals surface area contributed by atoms with E-state index in [9.17, 15) is 9.59 Å². The molecule has 19 heavy (non-hydrogen) atoms. The number of benzene rings is 1. The van der Waals surface area contributed by atoms with Crippen LogP contribution < -0.4 is 5.73 Å². The van der Waals surface area contributed by atoms with Gasteiger partial charge in [-0.25, -0.2) is 0 Å². The van der Waals surface area contributed by atoms with Crippen molar-refractivity contribution in [1.82, 2.24) is 4.90 Å². The number of hydrogen-bond donors (Lipinski definition) is 1. The van der Waals surface area contributed by atoms with Crippen LogP contribution in [0.5, 0.6) is 0 Å². The zero-order valence-electron chi connectivity index (χ0n) is 10.6. The first kappa shape index (κ1) is 14.1. The second kappa shape index (κ2) is 6.19. The molecule has 0 aromatic heterocycles. The van der Waals surface area contributed by atoms with E-state index in [2.05, 4.69) is 15.9 Å². The average Bonchev–Trinajstić information content (AvgIpc) is 2.38. The Labute approximate surface area is 121 Å². The Morgan fingerprint density at radius 3 is 2.74 bits per heavy atom. The maximum atomic E-state index is 12.6. The van der Waals surface area contributed by atoms with Crippen molar-refractivity contribution < 1.29 is 9.59 Å². The van der Waals surface area contributed by atoms with E-state index in [-0.39, 0.29) is 24.3 Å². The normalized spacial score (nSPS) is 19.2. The number of piperidine rings is 1. The molecule has 1 heterocycles. The van der Waals surface area contributed by atoms with Gasteiger partial charge in [-0.3, -0.25) is 9.59 Å². The zero-order chi connectivity index (χ0) is 13.8. The van der Waals surface area contributed by atoms with Crippen molar-refractivity contribution in [3.05, 3.63) is 34.3 Å². The van der Waals surface area contributed by atoms with Gasteiger partial charge in [0.15, 0.2) is 0 Å². The second-order valence-corrected chi connectivity index (χ2v) is 5.65. The highest BCUT2D eigenvalue weighted by Crippen LogP contribution is 2.24. The Bertz CT molecular complexity index is 490. The molecule has 4 nitrogen and oxygen atoms in total. The molecular formula is C14H17BrN2O2. The number of amides is 2. The first-order chi connectivity index (χ1) is 9.09. The van der Waals surface area contributed by atoms with Gasteiger partial charge in [0.2, 0.25) is 5.91 Å².